The average molecular weight is 296 g/mol. The van der Waals surface area contributed by atoms with Crippen molar-refractivity contribution in [3.63, 3.8) is 0 Å². The predicted octanol–water partition coefficient (Wildman–Crippen LogP) is 4.68. The fourth-order valence-electron chi connectivity index (χ4n) is 3.42. The molecule has 1 atom stereocenters. The Balaban J connectivity index is 1.86. The number of hydrogen-bond donors (Lipinski definition) is 1. The van der Waals surface area contributed by atoms with Crippen molar-refractivity contribution in [2.75, 3.05) is 11.5 Å². The Morgan fingerprint density at radius 3 is 2.63 bits per heavy atom. The Morgan fingerprint density at radius 2 is 2.00 bits per heavy atom. The van der Waals surface area contributed by atoms with Crippen LogP contribution in [0.25, 0.3) is 0 Å². The summed E-state index contributed by atoms with van der Waals surface area (Å²) in [6.07, 6.45) is 7.27. The van der Waals surface area contributed by atoms with Crippen LogP contribution in [0.5, 0.6) is 0 Å². The maximum Gasteiger partial charge on any atom is 0.0444 e. The number of thioether (sulfide) groups is 1. The molecule has 1 aromatic carbocycles. The summed E-state index contributed by atoms with van der Waals surface area (Å²) in [6.45, 7) is 0. The number of benzene rings is 1. The molecular weight excluding hydrogens is 274 g/mol. The topological polar surface area (TPSA) is 26.0 Å². The van der Waals surface area contributed by atoms with Gasteiger partial charge in [-0.2, -0.15) is 11.8 Å². The normalized spacial score (nSPS) is 26.5. The Labute approximate surface area is 125 Å². The van der Waals surface area contributed by atoms with E-state index < -0.39 is 0 Å². The molecule has 0 amide bonds. The third-order valence-electron chi connectivity index (χ3n) is 4.69. The van der Waals surface area contributed by atoms with Crippen molar-refractivity contribution < 1.29 is 0 Å². The summed E-state index contributed by atoms with van der Waals surface area (Å²) in [6, 6.07) is 6.61. The summed E-state index contributed by atoms with van der Waals surface area (Å²) in [4.78, 5) is 0. The van der Waals surface area contributed by atoms with Crippen LogP contribution in [0.1, 0.15) is 55.6 Å². The van der Waals surface area contributed by atoms with Gasteiger partial charge in [-0.05, 0) is 48.1 Å². The molecule has 1 saturated heterocycles. The van der Waals surface area contributed by atoms with Gasteiger partial charge in [-0.15, -0.1) is 0 Å². The Morgan fingerprint density at radius 1 is 1.21 bits per heavy atom. The first-order valence-corrected chi connectivity index (χ1v) is 8.89. The smallest absolute Gasteiger partial charge is 0.0444 e. The average Bonchev–Trinajstić information content (AvgIpc) is 2.93. The van der Waals surface area contributed by atoms with Gasteiger partial charge in [-0.1, -0.05) is 43.0 Å². The maximum atomic E-state index is 6.59. The van der Waals surface area contributed by atoms with E-state index >= 15 is 0 Å². The van der Waals surface area contributed by atoms with E-state index in [2.05, 4.69) is 18.2 Å². The van der Waals surface area contributed by atoms with Crippen molar-refractivity contribution in [1.29, 1.82) is 0 Å². The van der Waals surface area contributed by atoms with Gasteiger partial charge in [-0.25, -0.2) is 0 Å². The van der Waals surface area contributed by atoms with E-state index in [1.807, 2.05) is 11.8 Å². The number of rotatable bonds is 2. The maximum absolute atomic E-state index is 6.59. The second kappa shape index (κ2) is 5.67. The van der Waals surface area contributed by atoms with Crippen LogP contribution in [0.3, 0.4) is 0 Å². The molecular formula is C16H22ClNS. The molecule has 19 heavy (non-hydrogen) atoms. The molecule has 3 heteroatoms. The van der Waals surface area contributed by atoms with Gasteiger partial charge in [0.05, 0.1) is 0 Å². The van der Waals surface area contributed by atoms with Crippen LogP contribution in [-0.2, 0) is 5.54 Å². The molecule has 2 aliphatic rings. The van der Waals surface area contributed by atoms with Crippen molar-refractivity contribution in [3.8, 4) is 0 Å². The van der Waals surface area contributed by atoms with Crippen molar-refractivity contribution in [3.05, 3.63) is 34.3 Å². The van der Waals surface area contributed by atoms with Crippen LogP contribution >= 0.6 is 23.4 Å². The third-order valence-corrected chi connectivity index (χ3v) is 6.18. The van der Waals surface area contributed by atoms with Gasteiger partial charge in [0.1, 0.15) is 0 Å². The van der Waals surface area contributed by atoms with E-state index in [0.29, 0.717) is 5.92 Å². The zero-order chi connectivity index (χ0) is 13.3. The monoisotopic (exact) mass is 295 g/mol. The van der Waals surface area contributed by atoms with E-state index in [-0.39, 0.29) is 5.54 Å². The highest BCUT2D eigenvalue weighted by molar-refractivity contribution is 7.99. The molecule has 3 rings (SSSR count). The SMILES string of the molecule is NC1(c2ccc(C3CCSC3)c(Cl)c2)CCCCC1. The van der Waals surface area contributed by atoms with Crippen molar-refractivity contribution in [1.82, 2.24) is 0 Å². The van der Waals surface area contributed by atoms with Crippen LogP contribution < -0.4 is 5.73 Å². The lowest BCUT2D eigenvalue weighted by molar-refractivity contribution is 0.302. The Hall–Kier alpha value is -0.180. The lowest BCUT2D eigenvalue weighted by Gasteiger charge is -2.34. The van der Waals surface area contributed by atoms with Gasteiger partial charge in [0, 0.05) is 16.3 Å². The summed E-state index contributed by atoms with van der Waals surface area (Å²) >= 11 is 8.56. The molecule has 0 spiro atoms. The highest BCUT2D eigenvalue weighted by Gasteiger charge is 2.30. The zero-order valence-corrected chi connectivity index (χ0v) is 12.9. The van der Waals surface area contributed by atoms with Crippen LogP contribution in [-0.4, -0.2) is 11.5 Å². The molecule has 1 nitrogen and oxygen atoms in total. The van der Waals surface area contributed by atoms with Crippen LogP contribution in [0.15, 0.2) is 18.2 Å². The lowest BCUT2D eigenvalue weighted by atomic mass is 9.77. The lowest BCUT2D eigenvalue weighted by Crippen LogP contribution is -2.38. The fraction of sp³-hybridized carbons (Fsp3) is 0.625. The minimum atomic E-state index is -0.134. The van der Waals surface area contributed by atoms with E-state index in [1.165, 1.54) is 48.3 Å². The molecule has 0 radical (unpaired) electrons. The predicted molar refractivity (Wildman–Crippen MR) is 85.1 cm³/mol. The number of halogens is 1. The molecule has 2 fully saturated rings. The minimum absolute atomic E-state index is 0.134. The molecule has 1 aliphatic heterocycles. The van der Waals surface area contributed by atoms with Crippen molar-refractivity contribution in [2.24, 2.45) is 5.73 Å². The van der Waals surface area contributed by atoms with E-state index in [0.717, 1.165) is 17.9 Å². The van der Waals surface area contributed by atoms with Gasteiger partial charge in [0.25, 0.3) is 0 Å². The highest BCUT2D eigenvalue weighted by atomic mass is 35.5. The molecule has 1 saturated carbocycles. The van der Waals surface area contributed by atoms with Crippen LogP contribution in [0.4, 0.5) is 0 Å². The fourth-order valence-corrected chi connectivity index (χ4v) is 5.00. The second-order valence-electron chi connectivity index (χ2n) is 6.01. The quantitative estimate of drug-likeness (QED) is 0.857. The highest BCUT2D eigenvalue weighted by Crippen LogP contribution is 2.40. The Kier molecular flexibility index (Phi) is 4.11. The summed E-state index contributed by atoms with van der Waals surface area (Å²) in [5, 5.41) is 0.931. The van der Waals surface area contributed by atoms with Gasteiger partial charge < -0.3 is 5.73 Å². The van der Waals surface area contributed by atoms with Crippen molar-refractivity contribution in [2.45, 2.75) is 50.0 Å². The molecule has 1 aromatic rings. The van der Waals surface area contributed by atoms with Crippen molar-refractivity contribution >= 4 is 23.4 Å². The molecule has 2 N–H and O–H groups in total. The number of hydrogen-bond acceptors (Lipinski definition) is 2. The first-order chi connectivity index (χ1) is 9.19. The summed E-state index contributed by atoms with van der Waals surface area (Å²) in [5.41, 5.74) is 9.03. The molecule has 1 heterocycles. The van der Waals surface area contributed by atoms with Gasteiger partial charge in [0.15, 0.2) is 0 Å². The van der Waals surface area contributed by atoms with E-state index in [9.17, 15) is 0 Å². The first kappa shape index (κ1) is 13.8. The minimum Gasteiger partial charge on any atom is -0.321 e. The molecule has 1 aliphatic carbocycles. The summed E-state index contributed by atoms with van der Waals surface area (Å²) < 4.78 is 0. The third kappa shape index (κ3) is 2.81. The molecule has 104 valence electrons. The zero-order valence-electron chi connectivity index (χ0n) is 11.3. The van der Waals surface area contributed by atoms with Crippen LogP contribution in [0.2, 0.25) is 5.02 Å². The second-order valence-corrected chi connectivity index (χ2v) is 7.57. The van der Waals surface area contributed by atoms with E-state index in [1.54, 1.807) is 0 Å². The number of nitrogens with two attached hydrogens (primary N) is 1. The van der Waals surface area contributed by atoms with Crippen LogP contribution in [0, 0.1) is 0 Å². The summed E-state index contributed by atoms with van der Waals surface area (Å²) in [7, 11) is 0. The van der Waals surface area contributed by atoms with Gasteiger partial charge in [-0.3, -0.25) is 0 Å². The molecule has 0 aromatic heterocycles. The summed E-state index contributed by atoms with van der Waals surface area (Å²) in [5.74, 6) is 3.13. The molecule has 1 unspecified atom stereocenters. The standard InChI is InChI=1S/C16H22ClNS/c17-15-10-13(16(18)7-2-1-3-8-16)4-5-14(15)12-6-9-19-11-12/h4-5,10,12H,1-3,6-9,11,18H2. The largest absolute Gasteiger partial charge is 0.321 e. The van der Waals surface area contributed by atoms with Gasteiger partial charge in [0.2, 0.25) is 0 Å². The van der Waals surface area contributed by atoms with Gasteiger partial charge >= 0.3 is 0 Å². The Bertz CT molecular complexity index is 448. The first-order valence-electron chi connectivity index (χ1n) is 7.36. The van der Waals surface area contributed by atoms with E-state index in [4.69, 9.17) is 17.3 Å². The molecule has 0 bridgehead atoms.